The minimum absolute atomic E-state index is 0.0521. The minimum Gasteiger partial charge on any atom is -0.490 e. The molecule has 8 heteroatoms. The summed E-state index contributed by atoms with van der Waals surface area (Å²) in [7, 11) is 0. The van der Waals surface area contributed by atoms with E-state index in [0.29, 0.717) is 40.5 Å². The average Bonchev–Trinajstić information content (AvgIpc) is 2.78. The number of nitrogens with one attached hydrogen (secondary N) is 1. The fourth-order valence-electron chi connectivity index (χ4n) is 3.63. The maximum absolute atomic E-state index is 12.7. The first-order chi connectivity index (χ1) is 15.4. The van der Waals surface area contributed by atoms with Gasteiger partial charge in [-0.25, -0.2) is 0 Å². The van der Waals surface area contributed by atoms with Crippen molar-refractivity contribution in [2.24, 2.45) is 5.73 Å². The number of amides is 3. The van der Waals surface area contributed by atoms with Crippen molar-refractivity contribution in [3.05, 3.63) is 53.1 Å². The second-order valence-electron chi connectivity index (χ2n) is 7.67. The van der Waals surface area contributed by atoms with Crippen LogP contribution in [0.15, 0.2) is 36.4 Å². The first-order valence-corrected chi connectivity index (χ1v) is 10.8. The molecule has 0 radical (unpaired) electrons. The monoisotopic (exact) mass is 439 g/mol. The lowest BCUT2D eigenvalue weighted by Crippen LogP contribution is -2.38. The van der Waals surface area contributed by atoms with Crippen molar-refractivity contribution < 1.29 is 23.9 Å². The number of ether oxygens (including phenoxy) is 2. The summed E-state index contributed by atoms with van der Waals surface area (Å²) in [4.78, 5) is 38.3. The predicted octanol–water partition coefficient (Wildman–Crippen LogP) is 3.14. The van der Waals surface area contributed by atoms with Crippen molar-refractivity contribution in [2.45, 2.75) is 33.1 Å². The number of benzene rings is 2. The maximum atomic E-state index is 12.7. The van der Waals surface area contributed by atoms with Crippen LogP contribution < -0.4 is 20.5 Å². The van der Waals surface area contributed by atoms with Gasteiger partial charge in [-0.2, -0.15) is 0 Å². The molecule has 0 aromatic heterocycles. The van der Waals surface area contributed by atoms with Crippen LogP contribution in [0.2, 0.25) is 0 Å². The summed E-state index contributed by atoms with van der Waals surface area (Å²) in [6.45, 7) is 5.42. The molecule has 0 aliphatic carbocycles. The molecule has 0 spiro atoms. The molecule has 1 saturated heterocycles. The molecule has 2 aromatic carbocycles. The molecule has 170 valence electrons. The highest BCUT2D eigenvalue weighted by Gasteiger charge is 2.18. The van der Waals surface area contributed by atoms with Gasteiger partial charge in [0.1, 0.15) is 0 Å². The van der Waals surface area contributed by atoms with Gasteiger partial charge >= 0.3 is 0 Å². The Morgan fingerprint density at radius 2 is 1.75 bits per heavy atom. The third kappa shape index (κ3) is 5.78. The fraction of sp³-hybridized carbons (Fsp3) is 0.375. The molecule has 3 N–H and O–H groups in total. The summed E-state index contributed by atoms with van der Waals surface area (Å²) in [5, 5.41) is 2.80. The van der Waals surface area contributed by atoms with Crippen LogP contribution in [0.3, 0.4) is 0 Å². The van der Waals surface area contributed by atoms with E-state index in [1.165, 1.54) is 0 Å². The number of nitrogens with zero attached hydrogens (tertiary/aromatic N) is 1. The van der Waals surface area contributed by atoms with E-state index in [4.69, 9.17) is 15.2 Å². The van der Waals surface area contributed by atoms with Crippen molar-refractivity contribution in [1.29, 1.82) is 0 Å². The van der Waals surface area contributed by atoms with Crippen LogP contribution in [-0.2, 0) is 4.79 Å². The summed E-state index contributed by atoms with van der Waals surface area (Å²) in [6, 6.07) is 9.72. The highest BCUT2D eigenvalue weighted by atomic mass is 16.5. The Morgan fingerprint density at radius 1 is 1.00 bits per heavy atom. The molecule has 1 aliphatic heterocycles. The zero-order valence-corrected chi connectivity index (χ0v) is 18.5. The van der Waals surface area contributed by atoms with Crippen LogP contribution >= 0.6 is 0 Å². The second kappa shape index (κ2) is 10.7. The van der Waals surface area contributed by atoms with Crippen molar-refractivity contribution in [1.82, 2.24) is 4.90 Å². The molecular weight excluding hydrogens is 410 g/mol. The number of hydrogen-bond acceptors (Lipinski definition) is 5. The Bertz CT molecular complexity index is 999. The molecule has 32 heavy (non-hydrogen) atoms. The quantitative estimate of drug-likeness (QED) is 0.656. The van der Waals surface area contributed by atoms with E-state index >= 15 is 0 Å². The van der Waals surface area contributed by atoms with E-state index in [1.807, 2.05) is 11.8 Å². The molecule has 0 atom stereocenters. The second-order valence-corrected chi connectivity index (χ2v) is 7.67. The van der Waals surface area contributed by atoms with Gasteiger partial charge in [0, 0.05) is 29.9 Å². The van der Waals surface area contributed by atoms with Crippen molar-refractivity contribution in [2.75, 3.05) is 31.6 Å². The summed E-state index contributed by atoms with van der Waals surface area (Å²) < 4.78 is 11.4. The first kappa shape index (κ1) is 23.1. The number of rotatable bonds is 8. The summed E-state index contributed by atoms with van der Waals surface area (Å²) in [5.74, 6) is -0.102. The molecule has 1 fully saturated rings. The molecule has 1 aliphatic rings. The first-order valence-electron chi connectivity index (χ1n) is 10.8. The lowest BCUT2D eigenvalue weighted by Gasteiger charge is -2.26. The maximum Gasteiger partial charge on any atom is 0.260 e. The fourth-order valence-corrected chi connectivity index (χ4v) is 3.63. The van der Waals surface area contributed by atoms with Crippen LogP contribution in [0.1, 0.15) is 52.5 Å². The van der Waals surface area contributed by atoms with E-state index in [1.54, 1.807) is 43.3 Å². The van der Waals surface area contributed by atoms with Crippen molar-refractivity contribution >= 4 is 23.4 Å². The van der Waals surface area contributed by atoms with Gasteiger partial charge in [0.25, 0.3) is 11.8 Å². The van der Waals surface area contributed by atoms with Crippen LogP contribution in [0.5, 0.6) is 11.5 Å². The largest absolute Gasteiger partial charge is 0.490 e. The van der Waals surface area contributed by atoms with Crippen molar-refractivity contribution in [3.8, 4) is 11.5 Å². The lowest BCUT2D eigenvalue weighted by atomic mass is 10.1. The third-order valence-corrected chi connectivity index (χ3v) is 5.32. The van der Waals surface area contributed by atoms with Crippen LogP contribution in [0.4, 0.5) is 5.69 Å². The van der Waals surface area contributed by atoms with Crippen LogP contribution in [0.25, 0.3) is 0 Å². The Morgan fingerprint density at radius 3 is 2.41 bits per heavy atom. The number of likely N-dealkylation sites (tertiary alicyclic amines) is 1. The smallest absolute Gasteiger partial charge is 0.260 e. The average molecular weight is 440 g/mol. The Labute approximate surface area is 187 Å². The number of carbonyl (C=O) groups excluding carboxylic acids is 3. The lowest BCUT2D eigenvalue weighted by molar-refractivity contribution is -0.134. The summed E-state index contributed by atoms with van der Waals surface area (Å²) in [6.07, 6.45) is 3.19. The predicted molar refractivity (Wildman–Crippen MR) is 121 cm³/mol. The minimum atomic E-state index is -0.518. The summed E-state index contributed by atoms with van der Waals surface area (Å²) >= 11 is 0. The molecule has 8 nitrogen and oxygen atoms in total. The number of anilines is 1. The van der Waals surface area contributed by atoms with E-state index in [-0.39, 0.29) is 18.4 Å². The third-order valence-electron chi connectivity index (χ3n) is 5.32. The number of nitrogens with two attached hydrogens (primary N) is 1. The molecule has 0 unspecified atom stereocenters. The Hall–Kier alpha value is -3.55. The molecular formula is C24H29N3O5. The SMILES string of the molecule is CCOc1cc(C(=O)Nc2ccc(C(N)=O)c(C)c2)ccc1OCC(=O)N1CCCCC1. The van der Waals surface area contributed by atoms with Gasteiger partial charge in [-0.05, 0) is 75.1 Å². The van der Waals surface area contributed by atoms with E-state index in [2.05, 4.69) is 5.32 Å². The molecule has 0 bridgehead atoms. The highest BCUT2D eigenvalue weighted by molar-refractivity contribution is 6.05. The number of piperidine rings is 1. The van der Waals surface area contributed by atoms with Gasteiger partial charge in [-0.3, -0.25) is 14.4 Å². The summed E-state index contributed by atoms with van der Waals surface area (Å²) in [5.41, 5.74) is 7.32. The van der Waals surface area contributed by atoms with Gasteiger partial charge in [0.15, 0.2) is 18.1 Å². The molecule has 3 rings (SSSR count). The van der Waals surface area contributed by atoms with Crippen LogP contribution in [-0.4, -0.2) is 48.9 Å². The molecule has 1 heterocycles. The number of aryl methyl sites for hydroxylation is 1. The van der Waals surface area contributed by atoms with Crippen molar-refractivity contribution in [3.63, 3.8) is 0 Å². The molecule has 2 aromatic rings. The van der Waals surface area contributed by atoms with Gasteiger partial charge < -0.3 is 25.4 Å². The Kier molecular flexibility index (Phi) is 7.70. The van der Waals surface area contributed by atoms with E-state index in [0.717, 1.165) is 32.4 Å². The van der Waals surface area contributed by atoms with Gasteiger partial charge in [0.05, 0.1) is 6.61 Å². The van der Waals surface area contributed by atoms with E-state index in [9.17, 15) is 14.4 Å². The molecule has 0 saturated carbocycles. The van der Waals surface area contributed by atoms with Gasteiger partial charge in [0.2, 0.25) is 5.91 Å². The topological polar surface area (TPSA) is 111 Å². The number of primary amides is 1. The number of hydrogen-bond donors (Lipinski definition) is 2. The van der Waals surface area contributed by atoms with Gasteiger partial charge in [-0.1, -0.05) is 0 Å². The zero-order valence-electron chi connectivity index (χ0n) is 18.5. The Balaban J connectivity index is 1.69. The highest BCUT2D eigenvalue weighted by Crippen LogP contribution is 2.29. The molecule has 3 amide bonds. The zero-order chi connectivity index (χ0) is 23.1. The number of carbonyl (C=O) groups is 3. The normalized spacial score (nSPS) is 13.4. The van der Waals surface area contributed by atoms with Crippen LogP contribution in [0, 0.1) is 6.92 Å². The standard InChI is InChI=1S/C24H29N3O5/c1-3-31-21-14-17(24(30)26-18-8-9-19(23(25)29)16(2)13-18)7-10-20(21)32-15-22(28)27-11-5-4-6-12-27/h7-10,13-14H,3-6,11-12,15H2,1-2H3,(H2,25,29)(H,26,30). The van der Waals surface area contributed by atoms with E-state index < -0.39 is 5.91 Å². The van der Waals surface area contributed by atoms with Gasteiger partial charge in [-0.15, -0.1) is 0 Å².